The Bertz CT molecular complexity index is 465. The van der Waals surface area contributed by atoms with Crippen LogP contribution in [-0.4, -0.2) is 6.54 Å². The lowest BCUT2D eigenvalue weighted by atomic mass is 9.80. The van der Waals surface area contributed by atoms with Gasteiger partial charge in [0.15, 0.2) is 0 Å². The Morgan fingerprint density at radius 2 is 1.95 bits per heavy atom. The highest BCUT2D eigenvalue weighted by molar-refractivity contribution is 5.40. The fourth-order valence-electron chi connectivity index (χ4n) is 3.12. The molecule has 0 fully saturated rings. The summed E-state index contributed by atoms with van der Waals surface area (Å²) in [4.78, 5) is 0. The van der Waals surface area contributed by atoms with E-state index in [0.717, 1.165) is 6.54 Å². The molecule has 0 radical (unpaired) electrons. The average Bonchev–Trinajstić information content (AvgIpc) is 2.92. The average molecular weight is 271 g/mol. The molecule has 110 valence electrons. The fourth-order valence-corrected chi connectivity index (χ4v) is 3.12. The van der Waals surface area contributed by atoms with Gasteiger partial charge in [0, 0.05) is 0 Å². The van der Waals surface area contributed by atoms with E-state index in [1.54, 1.807) is 5.57 Å². The molecule has 1 heteroatoms. The number of hydrogen-bond acceptors (Lipinski definition) is 1. The van der Waals surface area contributed by atoms with Crippen LogP contribution in [-0.2, 0) is 5.41 Å². The van der Waals surface area contributed by atoms with E-state index in [1.807, 2.05) is 0 Å². The summed E-state index contributed by atoms with van der Waals surface area (Å²) in [7, 11) is 0. The van der Waals surface area contributed by atoms with Crippen LogP contribution in [0.4, 0.5) is 0 Å². The first-order chi connectivity index (χ1) is 9.54. The van der Waals surface area contributed by atoms with Gasteiger partial charge in [0.2, 0.25) is 0 Å². The predicted octanol–water partition coefficient (Wildman–Crippen LogP) is 5.14. The second kappa shape index (κ2) is 6.58. The SMILES string of the molecule is CCCNC(C1=CCCC1)c1ccccc1C(C)(C)C. The van der Waals surface area contributed by atoms with E-state index in [1.165, 1.54) is 36.8 Å². The minimum atomic E-state index is 0.196. The van der Waals surface area contributed by atoms with E-state index in [0.29, 0.717) is 6.04 Å². The molecule has 20 heavy (non-hydrogen) atoms. The zero-order valence-electron chi connectivity index (χ0n) is 13.5. The van der Waals surface area contributed by atoms with Crippen molar-refractivity contribution in [2.24, 2.45) is 0 Å². The molecule has 0 aliphatic heterocycles. The maximum atomic E-state index is 3.77. The predicted molar refractivity (Wildman–Crippen MR) is 88.1 cm³/mol. The summed E-state index contributed by atoms with van der Waals surface area (Å²) in [5, 5.41) is 3.77. The van der Waals surface area contributed by atoms with Gasteiger partial charge < -0.3 is 5.32 Å². The molecule has 0 spiro atoms. The van der Waals surface area contributed by atoms with Gasteiger partial charge in [-0.3, -0.25) is 0 Å². The Morgan fingerprint density at radius 1 is 1.20 bits per heavy atom. The lowest BCUT2D eigenvalue weighted by Gasteiger charge is -2.29. The van der Waals surface area contributed by atoms with Crippen LogP contribution in [0.1, 0.15) is 70.5 Å². The van der Waals surface area contributed by atoms with Crippen molar-refractivity contribution in [3.63, 3.8) is 0 Å². The summed E-state index contributed by atoms with van der Waals surface area (Å²) in [5.74, 6) is 0. The monoisotopic (exact) mass is 271 g/mol. The van der Waals surface area contributed by atoms with Gasteiger partial charge in [0.25, 0.3) is 0 Å². The van der Waals surface area contributed by atoms with Crippen LogP contribution < -0.4 is 5.32 Å². The number of nitrogens with one attached hydrogen (secondary N) is 1. The highest BCUT2D eigenvalue weighted by atomic mass is 14.9. The molecule has 2 rings (SSSR count). The number of hydrogen-bond donors (Lipinski definition) is 1. The topological polar surface area (TPSA) is 12.0 Å². The normalized spacial score (nSPS) is 17.1. The molecule has 1 unspecified atom stereocenters. The quantitative estimate of drug-likeness (QED) is 0.732. The lowest BCUT2D eigenvalue weighted by molar-refractivity contribution is 0.539. The fraction of sp³-hybridized carbons (Fsp3) is 0.579. The number of allylic oxidation sites excluding steroid dienone is 1. The summed E-state index contributed by atoms with van der Waals surface area (Å²) < 4.78 is 0. The third-order valence-electron chi connectivity index (χ3n) is 4.13. The Labute approximate surface area is 124 Å². The molecule has 0 aromatic heterocycles. The van der Waals surface area contributed by atoms with Gasteiger partial charge in [-0.05, 0) is 48.8 Å². The zero-order valence-corrected chi connectivity index (χ0v) is 13.5. The molecule has 0 saturated heterocycles. The highest BCUT2D eigenvalue weighted by Gasteiger charge is 2.25. The van der Waals surface area contributed by atoms with E-state index in [9.17, 15) is 0 Å². The van der Waals surface area contributed by atoms with E-state index in [-0.39, 0.29) is 5.41 Å². The molecule has 0 amide bonds. The smallest absolute Gasteiger partial charge is 0.0538 e. The van der Waals surface area contributed by atoms with E-state index in [4.69, 9.17) is 0 Å². The molecule has 0 saturated carbocycles. The first-order valence-electron chi connectivity index (χ1n) is 8.05. The van der Waals surface area contributed by atoms with Crippen molar-refractivity contribution in [2.45, 2.75) is 64.8 Å². The first kappa shape index (κ1) is 15.3. The molecule has 1 aromatic rings. The van der Waals surface area contributed by atoms with Crippen LogP contribution in [0.2, 0.25) is 0 Å². The van der Waals surface area contributed by atoms with Crippen LogP contribution in [0.3, 0.4) is 0 Å². The number of benzene rings is 1. The van der Waals surface area contributed by atoms with Crippen molar-refractivity contribution < 1.29 is 0 Å². The van der Waals surface area contributed by atoms with Crippen molar-refractivity contribution >= 4 is 0 Å². The summed E-state index contributed by atoms with van der Waals surface area (Å²) >= 11 is 0. The summed E-state index contributed by atoms with van der Waals surface area (Å²) in [5.41, 5.74) is 4.74. The second-order valence-electron chi connectivity index (χ2n) is 6.90. The van der Waals surface area contributed by atoms with Crippen molar-refractivity contribution in [2.75, 3.05) is 6.54 Å². The molecular weight excluding hydrogens is 242 g/mol. The maximum Gasteiger partial charge on any atom is 0.0538 e. The summed E-state index contributed by atoms with van der Waals surface area (Å²) in [6.45, 7) is 10.3. The summed E-state index contributed by atoms with van der Waals surface area (Å²) in [6.07, 6.45) is 7.45. The van der Waals surface area contributed by atoms with Crippen LogP contribution in [0.25, 0.3) is 0 Å². The number of rotatable bonds is 5. The third-order valence-corrected chi connectivity index (χ3v) is 4.13. The van der Waals surface area contributed by atoms with Gasteiger partial charge in [-0.1, -0.05) is 63.6 Å². The summed E-state index contributed by atoms with van der Waals surface area (Å²) in [6, 6.07) is 9.37. The Balaban J connectivity index is 2.38. The maximum absolute atomic E-state index is 3.77. The third kappa shape index (κ3) is 3.52. The molecule has 0 bridgehead atoms. The molecule has 1 aliphatic rings. The van der Waals surface area contributed by atoms with Gasteiger partial charge in [0.1, 0.15) is 0 Å². The van der Waals surface area contributed by atoms with Crippen molar-refractivity contribution in [3.05, 3.63) is 47.0 Å². The van der Waals surface area contributed by atoms with Crippen LogP contribution in [0.15, 0.2) is 35.9 Å². The van der Waals surface area contributed by atoms with Gasteiger partial charge in [-0.25, -0.2) is 0 Å². The van der Waals surface area contributed by atoms with Gasteiger partial charge in [-0.2, -0.15) is 0 Å². The molecule has 1 nitrogen and oxygen atoms in total. The molecule has 1 atom stereocenters. The van der Waals surface area contributed by atoms with Crippen molar-refractivity contribution in [3.8, 4) is 0 Å². The van der Waals surface area contributed by atoms with E-state index in [2.05, 4.69) is 63.4 Å². The van der Waals surface area contributed by atoms with Gasteiger partial charge in [0.05, 0.1) is 6.04 Å². The zero-order chi connectivity index (χ0) is 14.6. The second-order valence-corrected chi connectivity index (χ2v) is 6.90. The lowest BCUT2D eigenvalue weighted by Crippen LogP contribution is -2.27. The standard InChI is InChI=1S/C19H29N/c1-5-14-20-18(15-10-6-7-11-15)16-12-8-9-13-17(16)19(2,3)4/h8-10,12-13,18,20H,5-7,11,14H2,1-4H3. The first-order valence-corrected chi connectivity index (χ1v) is 8.05. The van der Waals surface area contributed by atoms with Gasteiger partial charge >= 0.3 is 0 Å². The molecular formula is C19H29N. The van der Waals surface area contributed by atoms with Crippen molar-refractivity contribution in [1.29, 1.82) is 0 Å². The molecule has 1 N–H and O–H groups in total. The van der Waals surface area contributed by atoms with E-state index >= 15 is 0 Å². The Morgan fingerprint density at radius 3 is 2.55 bits per heavy atom. The Kier molecular flexibility index (Phi) is 5.04. The highest BCUT2D eigenvalue weighted by Crippen LogP contribution is 2.36. The minimum Gasteiger partial charge on any atom is -0.307 e. The largest absolute Gasteiger partial charge is 0.307 e. The van der Waals surface area contributed by atoms with Crippen LogP contribution in [0, 0.1) is 0 Å². The minimum absolute atomic E-state index is 0.196. The van der Waals surface area contributed by atoms with E-state index < -0.39 is 0 Å². The van der Waals surface area contributed by atoms with Crippen LogP contribution in [0.5, 0.6) is 0 Å². The van der Waals surface area contributed by atoms with Crippen LogP contribution >= 0.6 is 0 Å². The molecule has 1 aromatic carbocycles. The van der Waals surface area contributed by atoms with Crippen molar-refractivity contribution in [1.82, 2.24) is 5.32 Å². The van der Waals surface area contributed by atoms with Gasteiger partial charge in [-0.15, -0.1) is 0 Å². The molecule has 1 aliphatic carbocycles. The Hall–Kier alpha value is -1.08. The molecule has 0 heterocycles.